The van der Waals surface area contributed by atoms with E-state index in [1.165, 1.54) is 0 Å². The Bertz CT molecular complexity index is 167. The topological polar surface area (TPSA) is 46.8 Å². The zero-order valence-electron chi connectivity index (χ0n) is 6.13. The van der Waals surface area contributed by atoms with Gasteiger partial charge in [-0.15, -0.1) is 5.76 Å². The predicted octanol–water partition coefficient (Wildman–Crippen LogP) is -2.44. The van der Waals surface area contributed by atoms with Gasteiger partial charge >= 0.3 is 18.9 Å². The van der Waals surface area contributed by atoms with Crippen molar-refractivity contribution in [2.75, 3.05) is 0 Å². The fraction of sp³-hybridized carbons (Fsp3) is 0.571. The number of nitrogens with zero attached hydrogens (tertiary/aromatic N) is 1. The van der Waals surface area contributed by atoms with Gasteiger partial charge in [0.1, 0.15) is 0 Å². The normalized spacial score (nSPS) is 18.5. The van der Waals surface area contributed by atoms with Crippen molar-refractivity contribution in [1.29, 1.82) is 5.26 Å². The molecule has 0 atom stereocenters. The van der Waals surface area contributed by atoms with E-state index in [2.05, 4.69) is 0 Å². The molecule has 1 saturated carbocycles. The van der Waals surface area contributed by atoms with E-state index < -0.39 is 0 Å². The Balaban J connectivity index is 0.000000810. The molecule has 0 spiro atoms. The molecule has 10 heavy (non-hydrogen) atoms. The average molecular weight is 129 g/mol. The van der Waals surface area contributed by atoms with Crippen molar-refractivity contribution in [1.82, 2.24) is 0 Å². The number of allylic oxidation sites excluding steroid dienone is 2. The van der Waals surface area contributed by atoms with Crippen molar-refractivity contribution in [3.05, 3.63) is 11.8 Å². The second-order valence-corrected chi connectivity index (χ2v) is 2.30. The Hall–Kier alpha value is -0.373. The molecule has 1 aliphatic carbocycles. The summed E-state index contributed by atoms with van der Waals surface area (Å²) in [4.78, 5) is 0. The van der Waals surface area contributed by atoms with Gasteiger partial charge in [0, 0.05) is 6.08 Å². The summed E-state index contributed by atoms with van der Waals surface area (Å²) in [6, 6.07) is 1.74. The maximum absolute atomic E-state index is 10.7. The summed E-state index contributed by atoms with van der Waals surface area (Å²) in [5.74, 6) is 0.202. The van der Waals surface area contributed by atoms with Crippen LogP contribution in [0.1, 0.15) is 19.3 Å². The molecule has 3 heteroatoms. The van der Waals surface area contributed by atoms with Crippen LogP contribution >= 0.6 is 0 Å². The van der Waals surface area contributed by atoms with Crippen LogP contribution in [0.3, 0.4) is 0 Å². The average Bonchev–Trinajstić information content (AvgIpc) is 1.60. The molecule has 0 aromatic carbocycles. The Morgan fingerprint density at radius 1 is 1.60 bits per heavy atom. The molecule has 0 aliphatic heterocycles. The van der Waals surface area contributed by atoms with Crippen LogP contribution < -0.4 is 24.0 Å². The van der Waals surface area contributed by atoms with E-state index in [4.69, 9.17) is 5.26 Å². The quantitative estimate of drug-likeness (QED) is 0.224. The van der Waals surface area contributed by atoms with Crippen molar-refractivity contribution >= 4 is 0 Å². The summed E-state index contributed by atoms with van der Waals surface area (Å²) >= 11 is 0. The van der Waals surface area contributed by atoms with Crippen molar-refractivity contribution in [2.45, 2.75) is 19.3 Å². The molecule has 2 nitrogen and oxygen atoms in total. The molecule has 1 fully saturated rings. The second-order valence-electron chi connectivity index (χ2n) is 2.30. The summed E-state index contributed by atoms with van der Waals surface area (Å²) in [5.41, 5.74) is 0. The first-order valence-electron chi connectivity index (χ1n) is 3.11. The summed E-state index contributed by atoms with van der Waals surface area (Å²) in [5, 5.41) is 18.8. The Kier molecular flexibility index (Phi) is 4.28. The largest absolute Gasteiger partial charge is 1.00 e. The Morgan fingerprint density at radius 3 is 2.50 bits per heavy atom. The van der Waals surface area contributed by atoms with Crippen LogP contribution in [-0.4, -0.2) is 0 Å². The van der Waals surface area contributed by atoms with Gasteiger partial charge in [0.2, 0.25) is 0 Å². The second kappa shape index (κ2) is 4.44. The molecule has 0 aromatic rings. The van der Waals surface area contributed by atoms with Crippen LogP contribution in [0, 0.1) is 17.2 Å². The maximum Gasteiger partial charge on any atom is 1.00 e. The van der Waals surface area contributed by atoms with Crippen LogP contribution in [0.15, 0.2) is 11.8 Å². The molecular formula is C7H8LiNO. The van der Waals surface area contributed by atoms with Crippen LogP contribution in [0.4, 0.5) is 0 Å². The molecule has 0 heterocycles. The van der Waals surface area contributed by atoms with Gasteiger partial charge in [-0.1, -0.05) is 6.42 Å². The minimum atomic E-state index is 0. The molecule has 0 bridgehead atoms. The number of hydrogen-bond donors (Lipinski definition) is 0. The van der Waals surface area contributed by atoms with Gasteiger partial charge in [0.05, 0.1) is 6.07 Å². The van der Waals surface area contributed by atoms with Gasteiger partial charge in [-0.2, -0.15) is 5.26 Å². The number of nitriles is 1. The van der Waals surface area contributed by atoms with E-state index in [1.54, 1.807) is 6.07 Å². The minimum absolute atomic E-state index is 0. The third-order valence-corrected chi connectivity index (χ3v) is 1.71. The van der Waals surface area contributed by atoms with Gasteiger partial charge in [-0.3, -0.25) is 0 Å². The fourth-order valence-corrected chi connectivity index (χ4v) is 0.874. The fourth-order valence-electron chi connectivity index (χ4n) is 0.874. The Morgan fingerprint density at radius 2 is 2.20 bits per heavy atom. The number of hydrogen-bond acceptors (Lipinski definition) is 2. The van der Waals surface area contributed by atoms with Gasteiger partial charge < -0.3 is 5.11 Å². The zero-order valence-corrected chi connectivity index (χ0v) is 6.13. The Labute approximate surface area is 72.7 Å². The first-order valence-corrected chi connectivity index (χ1v) is 3.11. The maximum atomic E-state index is 10.7. The molecule has 0 saturated heterocycles. The molecule has 48 valence electrons. The molecule has 0 amide bonds. The summed E-state index contributed by atoms with van der Waals surface area (Å²) in [6.07, 6.45) is 4.23. The van der Waals surface area contributed by atoms with Crippen LogP contribution in [-0.2, 0) is 0 Å². The minimum Gasteiger partial charge on any atom is -0.875 e. The van der Waals surface area contributed by atoms with Crippen molar-refractivity contribution < 1.29 is 24.0 Å². The van der Waals surface area contributed by atoms with Crippen LogP contribution in [0.2, 0.25) is 0 Å². The molecule has 0 aromatic heterocycles. The standard InChI is InChI=1S/C7H9NO.Li/c8-5-4-7(9)6-2-1-3-6;/h4,6,9H,1-3H2;/q;+1/p-1/b7-4-;. The van der Waals surface area contributed by atoms with Crippen LogP contribution in [0.5, 0.6) is 0 Å². The SMILES string of the molecule is N#C/C=C(\[O-])C1CCC1.[Li+]. The summed E-state index contributed by atoms with van der Waals surface area (Å²) < 4.78 is 0. The third kappa shape index (κ3) is 2.10. The van der Waals surface area contributed by atoms with E-state index in [0.717, 1.165) is 25.3 Å². The van der Waals surface area contributed by atoms with E-state index in [1.807, 2.05) is 0 Å². The van der Waals surface area contributed by atoms with Gasteiger partial charge in [-0.05, 0) is 18.8 Å². The molecule has 0 N–H and O–H groups in total. The van der Waals surface area contributed by atoms with E-state index in [0.29, 0.717) is 0 Å². The van der Waals surface area contributed by atoms with E-state index >= 15 is 0 Å². The predicted molar refractivity (Wildman–Crippen MR) is 31.0 cm³/mol. The molecule has 0 unspecified atom stereocenters. The van der Waals surface area contributed by atoms with Crippen molar-refractivity contribution in [2.24, 2.45) is 5.92 Å². The monoisotopic (exact) mass is 129 g/mol. The van der Waals surface area contributed by atoms with E-state index in [-0.39, 0.29) is 30.5 Å². The molecule has 1 aliphatic rings. The van der Waals surface area contributed by atoms with Gasteiger partial charge in [-0.25, -0.2) is 0 Å². The van der Waals surface area contributed by atoms with Crippen molar-refractivity contribution in [3.8, 4) is 6.07 Å². The first kappa shape index (κ1) is 9.63. The molecule has 0 radical (unpaired) electrons. The smallest absolute Gasteiger partial charge is 0.875 e. The van der Waals surface area contributed by atoms with Crippen LogP contribution in [0.25, 0.3) is 0 Å². The molecule has 1 rings (SSSR count). The van der Waals surface area contributed by atoms with Gasteiger partial charge in [0.15, 0.2) is 0 Å². The third-order valence-electron chi connectivity index (χ3n) is 1.71. The first-order chi connectivity index (χ1) is 4.34. The summed E-state index contributed by atoms with van der Waals surface area (Å²) in [6.45, 7) is 0. The van der Waals surface area contributed by atoms with Crippen molar-refractivity contribution in [3.63, 3.8) is 0 Å². The van der Waals surface area contributed by atoms with Gasteiger partial charge in [0.25, 0.3) is 0 Å². The summed E-state index contributed by atoms with van der Waals surface area (Å²) in [7, 11) is 0. The zero-order chi connectivity index (χ0) is 6.69. The van der Waals surface area contributed by atoms with E-state index in [9.17, 15) is 5.11 Å². The number of rotatable bonds is 1. The molecular weight excluding hydrogens is 121 g/mol.